The molecule has 0 saturated heterocycles. The fraction of sp³-hybridized carbons (Fsp3) is 0.222. The van der Waals surface area contributed by atoms with Crippen LogP contribution in [0.5, 0.6) is 28.7 Å². The van der Waals surface area contributed by atoms with Crippen LogP contribution in [0.15, 0.2) is 34.9 Å². The summed E-state index contributed by atoms with van der Waals surface area (Å²) >= 11 is 0. The number of hydrogen-bond donors (Lipinski definition) is 0. The van der Waals surface area contributed by atoms with Gasteiger partial charge in [-0.15, -0.1) is 0 Å². The van der Waals surface area contributed by atoms with Gasteiger partial charge in [0.2, 0.25) is 18.4 Å². The lowest BCUT2D eigenvalue weighted by atomic mass is 10.1. The summed E-state index contributed by atoms with van der Waals surface area (Å²) in [7, 11) is 4.65. The second kappa shape index (κ2) is 6.47. The number of rotatable bonds is 5. The summed E-state index contributed by atoms with van der Waals surface area (Å²) in [5.41, 5.74) is 1.41. The molecule has 0 saturated carbocycles. The van der Waals surface area contributed by atoms with Crippen molar-refractivity contribution in [1.29, 1.82) is 0 Å². The lowest BCUT2D eigenvalue weighted by Crippen LogP contribution is -1.96. The lowest BCUT2D eigenvalue weighted by Gasteiger charge is -2.12. The average molecular weight is 356 g/mol. The zero-order valence-corrected chi connectivity index (χ0v) is 14.4. The summed E-state index contributed by atoms with van der Waals surface area (Å²) in [4.78, 5) is 4.46. The average Bonchev–Trinajstić information content (AvgIpc) is 3.35. The van der Waals surface area contributed by atoms with E-state index in [1.807, 2.05) is 6.07 Å². The van der Waals surface area contributed by atoms with Gasteiger partial charge in [-0.05, 0) is 30.3 Å². The first-order chi connectivity index (χ1) is 12.7. The van der Waals surface area contributed by atoms with Gasteiger partial charge in [-0.3, -0.25) is 0 Å². The van der Waals surface area contributed by atoms with Crippen LogP contribution in [-0.4, -0.2) is 38.3 Å². The summed E-state index contributed by atoms with van der Waals surface area (Å²) in [6.07, 6.45) is 0. The number of hydrogen-bond acceptors (Lipinski definition) is 8. The largest absolute Gasteiger partial charge is 0.493 e. The molecule has 2 heterocycles. The van der Waals surface area contributed by atoms with E-state index >= 15 is 0 Å². The SMILES string of the molecule is COc1cc(-c2noc(-c3ccc4c(c3)OCO4)n2)cc(OC)c1OC. The molecular weight excluding hydrogens is 340 g/mol. The Hall–Kier alpha value is -3.42. The quantitative estimate of drug-likeness (QED) is 0.689. The van der Waals surface area contributed by atoms with Crippen molar-refractivity contribution in [2.75, 3.05) is 28.1 Å². The van der Waals surface area contributed by atoms with Gasteiger partial charge in [-0.2, -0.15) is 4.98 Å². The van der Waals surface area contributed by atoms with Crippen LogP contribution in [0.3, 0.4) is 0 Å². The monoisotopic (exact) mass is 356 g/mol. The van der Waals surface area contributed by atoms with Gasteiger partial charge in [0, 0.05) is 11.1 Å². The summed E-state index contributed by atoms with van der Waals surface area (Å²) in [5.74, 6) is 3.63. The predicted molar refractivity (Wildman–Crippen MR) is 90.9 cm³/mol. The van der Waals surface area contributed by atoms with Crippen molar-refractivity contribution >= 4 is 0 Å². The van der Waals surface area contributed by atoms with E-state index < -0.39 is 0 Å². The zero-order chi connectivity index (χ0) is 18.1. The van der Waals surface area contributed by atoms with Crippen molar-refractivity contribution in [1.82, 2.24) is 10.1 Å². The molecule has 0 unspecified atom stereocenters. The second-order valence-corrected chi connectivity index (χ2v) is 5.41. The van der Waals surface area contributed by atoms with Crippen molar-refractivity contribution in [3.05, 3.63) is 30.3 Å². The van der Waals surface area contributed by atoms with E-state index in [9.17, 15) is 0 Å². The van der Waals surface area contributed by atoms with Crippen LogP contribution in [0, 0.1) is 0 Å². The molecule has 2 aromatic carbocycles. The van der Waals surface area contributed by atoms with Crippen molar-refractivity contribution in [2.45, 2.75) is 0 Å². The molecule has 0 aliphatic carbocycles. The molecule has 0 radical (unpaired) electrons. The van der Waals surface area contributed by atoms with Gasteiger partial charge in [0.1, 0.15) is 0 Å². The van der Waals surface area contributed by atoms with Gasteiger partial charge >= 0.3 is 0 Å². The highest BCUT2D eigenvalue weighted by Crippen LogP contribution is 2.41. The Balaban J connectivity index is 1.72. The number of fused-ring (bicyclic) bond motifs is 1. The van der Waals surface area contributed by atoms with E-state index in [-0.39, 0.29) is 6.79 Å². The minimum atomic E-state index is 0.208. The van der Waals surface area contributed by atoms with Gasteiger partial charge in [0.25, 0.3) is 5.89 Å². The van der Waals surface area contributed by atoms with Crippen molar-refractivity contribution in [2.24, 2.45) is 0 Å². The predicted octanol–water partition coefficient (Wildman–Crippen LogP) is 3.16. The van der Waals surface area contributed by atoms with Crippen LogP contribution in [-0.2, 0) is 0 Å². The number of methoxy groups -OCH3 is 3. The molecule has 1 aliphatic rings. The second-order valence-electron chi connectivity index (χ2n) is 5.41. The van der Waals surface area contributed by atoms with Gasteiger partial charge in [-0.1, -0.05) is 5.16 Å². The van der Waals surface area contributed by atoms with E-state index in [2.05, 4.69) is 10.1 Å². The third-order valence-electron chi connectivity index (χ3n) is 3.97. The number of ether oxygens (including phenoxy) is 5. The fourth-order valence-corrected chi connectivity index (χ4v) is 2.70. The highest BCUT2D eigenvalue weighted by Gasteiger charge is 2.19. The minimum Gasteiger partial charge on any atom is -0.493 e. The van der Waals surface area contributed by atoms with Crippen LogP contribution < -0.4 is 23.7 Å². The van der Waals surface area contributed by atoms with Gasteiger partial charge in [0.15, 0.2) is 23.0 Å². The van der Waals surface area contributed by atoms with E-state index in [1.165, 1.54) is 0 Å². The molecule has 0 spiro atoms. The molecule has 0 fully saturated rings. The van der Waals surface area contributed by atoms with Crippen molar-refractivity contribution in [3.8, 4) is 51.6 Å². The molecule has 0 atom stereocenters. The topological polar surface area (TPSA) is 85.1 Å². The van der Waals surface area contributed by atoms with Gasteiger partial charge in [-0.25, -0.2) is 0 Å². The van der Waals surface area contributed by atoms with E-state index in [1.54, 1.807) is 45.6 Å². The van der Waals surface area contributed by atoms with E-state index in [4.69, 9.17) is 28.2 Å². The van der Waals surface area contributed by atoms with Crippen molar-refractivity contribution < 1.29 is 28.2 Å². The van der Waals surface area contributed by atoms with Crippen LogP contribution >= 0.6 is 0 Å². The molecule has 26 heavy (non-hydrogen) atoms. The number of nitrogens with zero attached hydrogens (tertiary/aromatic N) is 2. The Bertz CT molecular complexity index is 928. The molecular formula is C18H16N2O6. The molecule has 1 aromatic heterocycles. The Labute approximate surface area is 149 Å². The van der Waals surface area contributed by atoms with Crippen LogP contribution in [0.1, 0.15) is 0 Å². The molecule has 4 rings (SSSR count). The Morgan fingerprint density at radius 2 is 1.58 bits per heavy atom. The third-order valence-corrected chi connectivity index (χ3v) is 3.97. The normalized spacial score (nSPS) is 12.1. The van der Waals surface area contributed by atoms with Crippen LogP contribution in [0.2, 0.25) is 0 Å². The van der Waals surface area contributed by atoms with E-state index in [0.29, 0.717) is 46.0 Å². The maximum Gasteiger partial charge on any atom is 0.258 e. The summed E-state index contributed by atoms with van der Waals surface area (Å²) in [6, 6.07) is 8.96. The third kappa shape index (κ3) is 2.65. The lowest BCUT2D eigenvalue weighted by molar-refractivity contribution is 0.174. The first-order valence-electron chi connectivity index (χ1n) is 7.77. The fourth-order valence-electron chi connectivity index (χ4n) is 2.70. The molecule has 1 aliphatic heterocycles. The Morgan fingerprint density at radius 1 is 0.846 bits per heavy atom. The summed E-state index contributed by atoms with van der Waals surface area (Å²) in [5, 5.41) is 4.05. The summed E-state index contributed by atoms with van der Waals surface area (Å²) < 4.78 is 32.1. The Kier molecular flexibility index (Phi) is 4.00. The standard InChI is InChI=1S/C18H16N2O6/c1-21-14-7-11(8-15(22-2)16(14)23-3)17-19-18(26-20-17)10-4-5-12-13(6-10)25-9-24-12/h4-8H,9H2,1-3H3. The zero-order valence-electron chi connectivity index (χ0n) is 14.4. The Morgan fingerprint density at radius 3 is 2.27 bits per heavy atom. The van der Waals surface area contributed by atoms with Gasteiger partial charge in [0.05, 0.1) is 21.3 Å². The first-order valence-corrected chi connectivity index (χ1v) is 7.77. The smallest absolute Gasteiger partial charge is 0.258 e. The van der Waals surface area contributed by atoms with Crippen LogP contribution in [0.4, 0.5) is 0 Å². The van der Waals surface area contributed by atoms with Crippen LogP contribution in [0.25, 0.3) is 22.8 Å². The first kappa shape index (κ1) is 16.1. The molecule has 0 N–H and O–H groups in total. The minimum absolute atomic E-state index is 0.208. The number of benzene rings is 2. The molecule has 134 valence electrons. The van der Waals surface area contributed by atoms with E-state index in [0.717, 1.165) is 5.56 Å². The maximum absolute atomic E-state index is 5.40. The number of aromatic nitrogens is 2. The molecule has 8 heteroatoms. The molecule has 3 aromatic rings. The maximum atomic E-state index is 5.40. The van der Waals surface area contributed by atoms with Gasteiger partial charge < -0.3 is 28.2 Å². The molecule has 0 amide bonds. The molecule has 0 bridgehead atoms. The molecule has 8 nitrogen and oxygen atoms in total. The summed E-state index contributed by atoms with van der Waals surface area (Å²) in [6.45, 7) is 0.208. The van der Waals surface area contributed by atoms with Crippen molar-refractivity contribution in [3.63, 3.8) is 0 Å². The highest BCUT2D eigenvalue weighted by molar-refractivity contribution is 5.68. The highest BCUT2D eigenvalue weighted by atomic mass is 16.7.